The van der Waals surface area contributed by atoms with Gasteiger partial charge in [-0.25, -0.2) is 0 Å². The molecule has 5 heteroatoms. The Kier molecular flexibility index (Phi) is 3.17. The Morgan fingerprint density at radius 3 is 2.75 bits per heavy atom. The van der Waals surface area contributed by atoms with E-state index in [1.54, 1.807) is 7.11 Å². The second-order valence-electron chi connectivity index (χ2n) is 3.34. The molecule has 2 rings (SSSR count). The summed E-state index contributed by atoms with van der Waals surface area (Å²) in [5.74, 6) is 0.857. The monoisotopic (exact) mass is 236 g/mol. The van der Waals surface area contributed by atoms with E-state index in [0.29, 0.717) is 5.01 Å². The summed E-state index contributed by atoms with van der Waals surface area (Å²) >= 11 is 1.40. The lowest BCUT2D eigenvalue weighted by Crippen LogP contribution is -1.87. The first-order chi connectivity index (χ1) is 7.74. The van der Waals surface area contributed by atoms with Gasteiger partial charge in [0, 0.05) is 5.56 Å². The third-order valence-corrected chi connectivity index (χ3v) is 3.20. The number of aromatic nitrogens is 2. The van der Waals surface area contributed by atoms with Crippen molar-refractivity contribution in [3.8, 4) is 16.3 Å². The van der Waals surface area contributed by atoms with Crippen LogP contribution in [-0.4, -0.2) is 22.4 Å². The average molecular weight is 236 g/mol. The first kappa shape index (κ1) is 11.0. The van der Waals surface area contributed by atoms with Crippen LogP contribution in [0.15, 0.2) is 18.2 Å². The Bertz CT molecular complexity index is 496. The molecule has 0 aliphatic heterocycles. The molecular weight excluding hydrogens is 224 g/mol. The highest BCUT2D eigenvalue weighted by atomic mass is 32.1. The molecule has 0 spiro atoms. The number of hydrogen-bond donors (Lipinski definition) is 1. The highest BCUT2D eigenvalue weighted by Gasteiger charge is 2.07. The highest BCUT2D eigenvalue weighted by Crippen LogP contribution is 2.28. The number of methoxy groups -OCH3 is 1. The van der Waals surface area contributed by atoms with E-state index < -0.39 is 0 Å². The lowest BCUT2D eigenvalue weighted by molar-refractivity contribution is 0.280. The molecule has 0 bridgehead atoms. The van der Waals surface area contributed by atoms with Gasteiger partial charge in [0.05, 0.1) is 13.7 Å². The molecule has 16 heavy (non-hydrogen) atoms. The van der Waals surface area contributed by atoms with Crippen molar-refractivity contribution in [1.29, 1.82) is 0 Å². The Hall–Kier alpha value is -1.46. The molecule has 2 aromatic rings. The molecule has 4 nitrogen and oxygen atoms in total. The predicted molar refractivity (Wildman–Crippen MR) is 62.6 cm³/mol. The molecule has 84 valence electrons. The van der Waals surface area contributed by atoms with Crippen LogP contribution in [0.2, 0.25) is 0 Å². The van der Waals surface area contributed by atoms with Crippen LogP contribution in [0.5, 0.6) is 5.75 Å². The number of aryl methyl sites for hydroxylation is 1. The normalized spacial score (nSPS) is 10.4. The third-order valence-electron chi connectivity index (χ3n) is 2.24. The van der Waals surface area contributed by atoms with Gasteiger partial charge in [0.2, 0.25) is 0 Å². The van der Waals surface area contributed by atoms with Crippen molar-refractivity contribution in [1.82, 2.24) is 10.2 Å². The van der Waals surface area contributed by atoms with Gasteiger partial charge in [-0.1, -0.05) is 11.3 Å². The SMILES string of the molecule is COc1ccc(-c2nnc(CO)s2)cc1C. The number of aliphatic hydroxyl groups excluding tert-OH is 1. The fourth-order valence-electron chi connectivity index (χ4n) is 1.45. The summed E-state index contributed by atoms with van der Waals surface area (Å²) in [4.78, 5) is 0. The van der Waals surface area contributed by atoms with Gasteiger partial charge >= 0.3 is 0 Å². The minimum absolute atomic E-state index is 0.0627. The maximum absolute atomic E-state index is 8.92. The van der Waals surface area contributed by atoms with Crippen LogP contribution in [0.3, 0.4) is 0 Å². The lowest BCUT2D eigenvalue weighted by Gasteiger charge is -2.04. The van der Waals surface area contributed by atoms with Gasteiger partial charge in [-0.3, -0.25) is 0 Å². The maximum Gasteiger partial charge on any atom is 0.147 e. The quantitative estimate of drug-likeness (QED) is 0.885. The molecule has 0 radical (unpaired) electrons. The Morgan fingerprint density at radius 1 is 1.38 bits per heavy atom. The Balaban J connectivity index is 2.37. The summed E-state index contributed by atoms with van der Waals surface area (Å²) < 4.78 is 5.19. The maximum atomic E-state index is 8.92. The summed E-state index contributed by atoms with van der Waals surface area (Å²) in [6.07, 6.45) is 0. The van der Waals surface area contributed by atoms with E-state index in [9.17, 15) is 0 Å². The first-order valence-corrected chi connectivity index (χ1v) is 5.64. The van der Waals surface area contributed by atoms with E-state index in [1.807, 2.05) is 25.1 Å². The van der Waals surface area contributed by atoms with Crippen LogP contribution in [0, 0.1) is 6.92 Å². The standard InChI is InChI=1S/C11H12N2O2S/c1-7-5-8(3-4-9(7)15-2)11-13-12-10(6-14)16-11/h3-5,14H,6H2,1-2H3. The van der Waals surface area contributed by atoms with Gasteiger partial charge < -0.3 is 9.84 Å². The van der Waals surface area contributed by atoms with Gasteiger partial charge in [-0.2, -0.15) is 0 Å². The molecule has 0 fully saturated rings. The predicted octanol–water partition coefficient (Wildman–Crippen LogP) is 2.01. The summed E-state index contributed by atoms with van der Waals surface area (Å²) in [6.45, 7) is 1.92. The van der Waals surface area contributed by atoms with E-state index in [0.717, 1.165) is 21.9 Å². The Labute approximate surface area is 97.5 Å². The van der Waals surface area contributed by atoms with Crippen molar-refractivity contribution < 1.29 is 9.84 Å². The van der Waals surface area contributed by atoms with E-state index in [1.165, 1.54) is 11.3 Å². The van der Waals surface area contributed by atoms with E-state index in [2.05, 4.69) is 10.2 Å². The Morgan fingerprint density at radius 2 is 2.19 bits per heavy atom. The number of rotatable bonds is 3. The smallest absolute Gasteiger partial charge is 0.147 e. The summed E-state index contributed by atoms with van der Waals surface area (Å²) in [6, 6.07) is 5.85. The molecular formula is C11H12N2O2S. The van der Waals surface area contributed by atoms with Crippen LogP contribution < -0.4 is 4.74 Å². The fourth-order valence-corrected chi connectivity index (χ4v) is 2.14. The van der Waals surface area contributed by atoms with Crippen molar-refractivity contribution in [3.63, 3.8) is 0 Å². The zero-order valence-electron chi connectivity index (χ0n) is 9.10. The van der Waals surface area contributed by atoms with Gasteiger partial charge in [-0.15, -0.1) is 10.2 Å². The second kappa shape index (κ2) is 4.59. The summed E-state index contributed by atoms with van der Waals surface area (Å²) in [7, 11) is 1.65. The number of nitrogens with zero attached hydrogens (tertiary/aromatic N) is 2. The molecule has 0 saturated carbocycles. The highest BCUT2D eigenvalue weighted by molar-refractivity contribution is 7.14. The largest absolute Gasteiger partial charge is 0.496 e. The molecule has 0 saturated heterocycles. The number of aliphatic hydroxyl groups is 1. The molecule has 0 unspecified atom stereocenters. The minimum Gasteiger partial charge on any atom is -0.496 e. The molecule has 0 amide bonds. The minimum atomic E-state index is -0.0627. The summed E-state index contributed by atoms with van der Waals surface area (Å²) in [5, 5.41) is 18.3. The average Bonchev–Trinajstić information content (AvgIpc) is 2.77. The number of hydrogen-bond acceptors (Lipinski definition) is 5. The molecule has 0 atom stereocenters. The third kappa shape index (κ3) is 2.05. The molecule has 0 aliphatic carbocycles. The topological polar surface area (TPSA) is 55.2 Å². The van der Waals surface area contributed by atoms with Crippen LogP contribution in [0.4, 0.5) is 0 Å². The zero-order chi connectivity index (χ0) is 11.5. The molecule has 1 aromatic heterocycles. The molecule has 1 aromatic carbocycles. The fraction of sp³-hybridized carbons (Fsp3) is 0.273. The van der Waals surface area contributed by atoms with Gasteiger partial charge in [-0.05, 0) is 30.7 Å². The van der Waals surface area contributed by atoms with E-state index in [4.69, 9.17) is 9.84 Å². The second-order valence-corrected chi connectivity index (χ2v) is 4.41. The van der Waals surface area contributed by atoms with Crippen LogP contribution in [0.1, 0.15) is 10.6 Å². The van der Waals surface area contributed by atoms with Crippen LogP contribution >= 0.6 is 11.3 Å². The van der Waals surface area contributed by atoms with Crippen molar-refractivity contribution >= 4 is 11.3 Å². The number of ether oxygens (including phenoxy) is 1. The van der Waals surface area contributed by atoms with Crippen molar-refractivity contribution in [3.05, 3.63) is 28.8 Å². The van der Waals surface area contributed by atoms with E-state index in [-0.39, 0.29) is 6.61 Å². The zero-order valence-corrected chi connectivity index (χ0v) is 9.91. The summed E-state index contributed by atoms with van der Waals surface area (Å²) in [5.41, 5.74) is 2.05. The first-order valence-electron chi connectivity index (χ1n) is 4.83. The van der Waals surface area contributed by atoms with Crippen molar-refractivity contribution in [2.75, 3.05) is 7.11 Å². The van der Waals surface area contributed by atoms with Gasteiger partial charge in [0.25, 0.3) is 0 Å². The van der Waals surface area contributed by atoms with Crippen LogP contribution in [0.25, 0.3) is 10.6 Å². The number of benzene rings is 1. The lowest BCUT2D eigenvalue weighted by atomic mass is 10.1. The van der Waals surface area contributed by atoms with E-state index >= 15 is 0 Å². The van der Waals surface area contributed by atoms with Gasteiger partial charge in [0.15, 0.2) is 0 Å². The molecule has 0 aliphatic rings. The van der Waals surface area contributed by atoms with Gasteiger partial charge in [0.1, 0.15) is 15.8 Å². The molecule has 1 N–H and O–H groups in total. The van der Waals surface area contributed by atoms with Crippen LogP contribution in [-0.2, 0) is 6.61 Å². The van der Waals surface area contributed by atoms with Crippen molar-refractivity contribution in [2.45, 2.75) is 13.5 Å². The van der Waals surface area contributed by atoms with Crippen molar-refractivity contribution in [2.24, 2.45) is 0 Å². The molecule has 1 heterocycles.